The van der Waals surface area contributed by atoms with Crippen molar-refractivity contribution >= 4 is 23.2 Å². The molecule has 1 aliphatic rings. The fraction of sp³-hybridized carbons (Fsp3) is 0.292. The van der Waals surface area contributed by atoms with Gasteiger partial charge in [0.25, 0.3) is 17.4 Å². The van der Waals surface area contributed by atoms with Crippen LogP contribution >= 0.6 is 11.3 Å². The van der Waals surface area contributed by atoms with Gasteiger partial charge in [0.2, 0.25) is 0 Å². The number of fused-ring (bicyclic) bond motifs is 1. The van der Waals surface area contributed by atoms with Gasteiger partial charge in [-0.2, -0.15) is 11.3 Å². The number of rotatable bonds is 6. The van der Waals surface area contributed by atoms with Crippen LogP contribution in [0.5, 0.6) is 0 Å². The minimum atomic E-state index is -0.385. The Balaban J connectivity index is 1.45. The fourth-order valence-corrected chi connectivity index (χ4v) is 4.58. The topological polar surface area (TPSA) is 82.3 Å². The lowest BCUT2D eigenvalue weighted by Gasteiger charge is -2.29. The summed E-state index contributed by atoms with van der Waals surface area (Å²) in [6, 6.07) is 11.9. The number of hydrogen-bond donors (Lipinski definition) is 2. The molecule has 0 bridgehead atoms. The molecule has 3 aromatic rings. The third kappa shape index (κ3) is 4.77. The van der Waals surface area contributed by atoms with Crippen molar-refractivity contribution in [1.82, 2.24) is 15.2 Å². The van der Waals surface area contributed by atoms with Crippen molar-refractivity contribution in [3.63, 3.8) is 0 Å². The number of nitrogens with one attached hydrogen (secondary N) is 2. The van der Waals surface area contributed by atoms with E-state index in [0.717, 1.165) is 24.0 Å². The standard InChI is InChI=1S/C24H25N3O3S/c1-16(7-8-17-5-3-2-4-6-17)26-23(29)21-20-9-11-27(14-19(20)13-25-22(21)28)24(30)18-10-12-31-15-18/h2-6,10,12-13,15-16H,7-9,11,14H2,1H3,(H,25,28)(H,26,29). The second kappa shape index (κ2) is 9.31. The van der Waals surface area contributed by atoms with E-state index in [1.807, 2.05) is 41.9 Å². The van der Waals surface area contributed by atoms with E-state index in [0.29, 0.717) is 25.1 Å². The predicted octanol–water partition coefficient (Wildman–Crippen LogP) is 3.39. The lowest BCUT2D eigenvalue weighted by atomic mass is 9.95. The lowest BCUT2D eigenvalue weighted by molar-refractivity contribution is 0.0735. The largest absolute Gasteiger partial charge is 0.349 e. The number of carbonyl (C=O) groups is 2. The average molecular weight is 436 g/mol. The smallest absolute Gasteiger partial charge is 0.261 e. The van der Waals surface area contributed by atoms with Crippen molar-refractivity contribution in [2.75, 3.05) is 6.54 Å². The van der Waals surface area contributed by atoms with Gasteiger partial charge < -0.3 is 15.2 Å². The molecule has 0 spiro atoms. The third-order valence-corrected chi connectivity index (χ3v) is 6.34. The van der Waals surface area contributed by atoms with Crippen LogP contribution in [-0.4, -0.2) is 34.3 Å². The number of nitrogens with zero attached hydrogens (tertiary/aromatic N) is 1. The van der Waals surface area contributed by atoms with Crippen LogP contribution in [0.15, 0.2) is 58.1 Å². The summed E-state index contributed by atoms with van der Waals surface area (Å²) in [6.07, 6.45) is 3.74. The first-order chi connectivity index (χ1) is 15.0. The number of aryl methyl sites for hydroxylation is 1. The maximum Gasteiger partial charge on any atom is 0.261 e. The summed E-state index contributed by atoms with van der Waals surface area (Å²) < 4.78 is 0. The Morgan fingerprint density at radius 2 is 2.03 bits per heavy atom. The summed E-state index contributed by atoms with van der Waals surface area (Å²) in [5, 5.41) is 6.69. The van der Waals surface area contributed by atoms with Crippen molar-refractivity contribution in [1.29, 1.82) is 0 Å². The monoisotopic (exact) mass is 435 g/mol. The zero-order valence-corrected chi connectivity index (χ0v) is 18.2. The van der Waals surface area contributed by atoms with Crippen LogP contribution in [0.1, 0.15) is 50.8 Å². The van der Waals surface area contributed by atoms with Crippen molar-refractivity contribution in [2.45, 2.75) is 38.8 Å². The van der Waals surface area contributed by atoms with Crippen LogP contribution in [-0.2, 0) is 19.4 Å². The molecule has 2 N–H and O–H groups in total. The lowest BCUT2D eigenvalue weighted by Crippen LogP contribution is -2.41. The van der Waals surface area contributed by atoms with E-state index in [2.05, 4.69) is 22.4 Å². The van der Waals surface area contributed by atoms with Gasteiger partial charge in [-0.3, -0.25) is 14.4 Å². The highest BCUT2D eigenvalue weighted by Gasteiger charge is 2.27. The van der Waals surface area contributed by atoms with E-state index in [1.165, 1.54) is 16.9 Å². The number of H-pyrrole nitrogens is 1. The Bertz CT molecular complexity index is 1120. The summed E-state index contributed by atoms with van der Waals surface area (Å²) >= 11 is 1.49. The number of benzene rings is 1. The fourth-order valence-electron chi connectivity index (χ4n) is 3.95. The number of aromatic amines is 1. The molecule has 6 nitrogen and oxygen atoms in total. The molecule has 2 amide bonds. The molecule has 2 aromatic heterocycles. The molecular weight excluding hydrogens is 410 g/mol. The first-order valence-electron chi connectivity index (χ1n) is 10.4. The molecule has 0 fully saturated rings. The van der Waals surface area contributed by atoms with Gasteiger partial charge in [-0.05, 0) is 54.3 Å². The average Bonchev–Trinajstić information content (AvgIpc) is 3.32. The molecule has 3 heterocycles. The summed E-state index contributed by atoms with van der Waals surface area (Å²) in [5.74, 6) is -0.380. The van der Waals surface area contributed by atoms with Gasteiger partial charge in [0.1, 0.15) is 5.56 Å². The van der Waals surface area contributed by atoms with E-state index in [4.69, 9.17) is 0 Å². The van der Waals surface area contributed by atoms with E-state index in [-0.39, 0.29) is 29.0 Å². The number of amides is 2. The van der Waals surface area contributed by atoms with Gasteiger partial charge in [-0.25, -0.2) is 0 Å². The third-order valence-electron chi connectivity index (χ3n) is 5.66. The summed E-state index contributed by atoms with van der Waals surface area (Å²) in [7, 11) is 0. The van der Waals surface area contributed by atoms with Crippen LogP contribution in [0.2, 0.25) is 0 Å². The Morgan fingerprint density at radius 1 is 1.23 bits per heavy atom. The second-order valence-electron chi connectivity index (χ2n) is 7.88. The number of pyridine rings is 1. The summed E-state index contributed by atoms with van der Waals surface area (Å²) in [4.78, 5) is 42.6. The number of aromatic nitrogens is 1. The number of hydrogen-bond acceptors (Lipinski definition) is 4. The SMILES string of the molecule is CC(CCc1ccccc1)NC(=O)c1c2c(c[nH]c1=O)CN(C(=O)c1ccsc1)CC2. The number of thiophene rings is 1. The Morgan fingerprint density at radius 3 is 2.77 bits per heavy atom. The van der Waals surface area contributed by atoms with Gasteiger partial charge in [-0.15, -0.1) is 0 Å². The van der Waals surface area contributed by atoms with Crippen molar-refractivity contribution in [2.24, 2.45) is 0 Å². The van der Waals surface area contributed by atoms with E-state index >= 15 is 0 Å². The Hall–Kier alpha value is -3.19. The molecule has 4 rings (SSSR count). The van der Waals surface area contributed by atoms with Gasteiger partial charge in [0.15, 0.2) is 0 Å². The van der Waals surface area contributed by atoms with Crippen molar-refractivity contribution in [3.05, 3.63) is 91.5 Å². The molecule has 1 atom stereocenters. The van der Waals surface area contributed by atoms with Crippen LogP contribution < -0.4 is 10.9 Å². The minimum absolute atomic E-state index is 0.0290. The molecule has 31 heavy (non-hydrogen) atoms. The van der Waals surface area contributed by atoms with E-state index in [9.17, 15) is 14.4 Å². The predicted molar refractivity (Wildman–Crippen MR) is 122 cm³/mol. The zero-order valence-electron chi connectivity index (χ0n) is 17.4. The first kappa shape index (κ1) is 21.1. The van der Waals surface area contributed by atoms with Crippen LogP contribution in [0.3, 0.4) is 0 Å². The molecule has 160 valence electrons. The van der Waals surface area contributed by atoms with E-state index < -0.39 is 0 Å². The van der Waals surface area contributed by atoms with Gasteiger partial charge in [0, 0.05) is 30.7 Å². The maximum absolute atomic E-state index is 13.0. The molecule has 1 unspecified atom stereocenters. The summed E-state index contributed by atoms with van der Waals surface area (Å²) in [6.45, 7) is 2.81. The molecule has 0 saturated heterocycles. The van der Waals surface area contributed by atoms with Gasteiger partial charge in [-0.1, -0.05) is 30.3 Å². The molecule has 0 saturated carbocycles. The van der Waals surface area contributed by atoms with Crippen LogP contribution in [0.25, 0.3) is 0 Å². The maximum atomic E-state index is 13.0. The zero-order chi connectivity index (χ0) is 21.8. The first-order valence-corrected chi connectivity index (χ1v) is 11.4. The van der Waals surface area contributed by atoms with Gasteiger partial charge >= 0.3 is 0 Å². The Kier molecular flexibility index (Phi) is 6.32. The minimum Gasteiger partial charge on any atom is -0.349 e. The highest BCUT2D eigenvalue weighted by atomic mass is 32.1. The molecule has 0 radical (unpaired) electrons. The molecule has 0 aliphatic carbocycles. The highest BCUT2D eigenvalue weighted by Crippen LogP contribution is 2.22. The van der Waals surface area contributed by atoms with Crippen molar-refractivity contribution in [3.8, 4) is 0 Å². The van der Waals surface area contributed by atoms with Gasteiger partial charge in [0.05, 0.1) is 5.56 Å². The van der Waals surface area contributed by atoms with Crippen molar-refractivity contribution < 1.29 is 9.59 Å². The Labute approximate surface area is 184 Å². The summed E-state index contributed by atoms with van der Waals surface area (Å²) in [5.41, 5.74) is 3.23. The molecular formula is C24H25N3O3S. The quantitative estimate of drug-likeness (QED) is 0.623. The molecule has 1 aliphatic heterocycles. The van der Waals surface area contributed by atoms with Crippen LogP contribution in [0, 0.1) is 0 Å². The highest BCUT2D eigenvalue weighted by molar-refractivity contribution is 7.08. The van der Waals surface area contributed by atoms with E-state index in [1.54, 1.807) is 11.1 Å². The molecule has 1 aromatic carbocycles. The molecule has 7 heteroatoms. The normalized spacial score (nSPS) is 14.0. The van der Waals surface area contributed by atoms with Crippen LogP contribution in [0.4, 0.5) is 0 Å². The second-order valence-corrected chi connectivity index (χ2v) is 8.66. The number of carbonyl (C=O) groups excluding carboxylic acids is 2.